The van der Waals surface area contributed by atoms with Crippen LogP contribution in [0.25, 0.3) is 0 Å². The van der Waals surface area contributed by atoms with Gasteiger partial charge in [-0.1, -0.05) is 31.1 Å². The third kappa shape index (κ3) is 3.90. The average Bonchev–Trinajstić information content (AvgIpc) is 2.49. The van der Waals surface area contributed by atoms with Crippen LogP contribution >= 0.6 is 0 Å². The van der Waals surface area contributed by atoms with Crippen LogP contribution in [0.4, 0.5) is 0 Å². The van der Waals surface area contributed by atoms with Crippen molar-refractivity contribution >= 4 is 5.91 Å². The van der Waals surface area contributed by atoms with Crippen LogP contribution in [-0.4, -0.2) is 40.2 Å². The van der Waals surface area contributed by atoms with Crippen molar-refractivity contribution in [1.82, 2.24) is 4.90 Å². The molecule has 2 N–H and O–H groups in total. The number of carbonyl (C=O) groups excluding carboxylic acids is 1. The minimum absolute atomic E-state index is 0.128. The van der Waals surface area contributed by atoms with E-state index in [4.69, 9.17) is 0 Å². The summed E-state index contributed by atoms with van der Waals surface area (Å²) in [5.74, 6) is 1.97. The molecule has 0 aromatic rings. The second-order valence-electron chi connectivity index (χ2n) is 8.84. The zero-order valence-electron chi connectivity index (χ0n) is 16.5. The average molecular weight is 360 g/mol. The second kappa shape index (κ2) is 7.59. The number of aliphatic hydroxyl groups is 2. The van der Waals surface area contributed by atoms with Gasteiger partial charge in [0.2, 0.25) is 5.91 Å². The van der Waals surface area contributed by atoms with Crippen molar-refractivity contribution in [3.8, 4) is 0 Å². The molecule has 1 saturated heterocycles. The lowest BCUT2D eigenvalue weighted by atomic mass is 9.69. The number of amides is 1. The summed E-state index contributed by atoms with van der Waals surface area (Å²) in [6, 6.07) is 0. The molecule has 0 bridgehead atoms. The number of nitrogens with zero attached hydrogens (tertiary/aromatic N) is 1. The lowest BCUT2D eigenvalue weighted by Gasteiger charge is -2.40. The molecule has 1 aliphatic heterocycles. The summed E-state index contributed by atoms with van der Waals surface area (Å²) in [6.07, 6.45) is 7.22. The fraction of sp³-hybridized carbons (Fsp3) is 0.682. The topological polar surface area (TPSA) is 60.8 Å². The van der Waals surface area contributed by atoms with Gasteiger partial charge in [-0.2, -0.15) is 0 Å². The maximum Gasteiger partial charge on any atom is 0.219 e. The van der Waals surface area contributed by atoms with Gasteiger partial charge in [0.05, 0.1) is 6.10 Å². The second-order valence-corrected chi connectivity index (χ2v) is 8.84. The van der Waals surface area contributed by atoms with E-state index in [1.165, 1.54) is 5.57 Å². The number of hydrogen-bond donors (Lipinski definition) is 2. The van der Waals surface area contributed by atoms with Gasteiger partial charge in [0.25, 0.3) is 0 Å². The van der Waals surface area contributed by atoms with E-state index in [-0.39, 0.29) is 17.6 Å². The predicted octanol–water partition coefficient (Wildman–Crippen LogP) is 3.99. The third-order valence-electron chi connectivity index (χ3n) is 6.42. The quantitative estimate of drug-likeness (QED) is 0.746. The summed E-state index contributed by atoms with van der Waals surface area (Å²) in [6.45, 7) is 9.80. The Balaban J connectivity index is 1.76. The van der Waals surface area contributed by atoms with Gasteiger partial charge < -0.3 is 15.1 Å². The van der Waals surface area contributed by atoms with Gasteiger partial charge in [0.1, 0.15) is 5.76 Å². The highest BCUT2D eigenvalue weighted by Crippen LogP contribution is 2.43. The van der Waals surface area contributed by atoms with Crippen molar-refractivity contribution in [2.75, 3.05) is 13.1 Å². The van der Waals surface area contributed by atoms with Crippen LogP contribution in [0.5, 0.6) is 0 Å². The summed E-state index contributed by atoms with van der Waals surface area (Å²) in [5, 5.41) is 21.6. The highest BCUT2D eigenvalue weighted by molar-refractivity contribution is 5.74. The minimum atomic E-state index is -0.604. The first kappa shape index (κ1) is 19.2. The van der Waals surface area contributed by atoms with Gasteiger partial charge in [-0.05, 0) is 56.4 Å². The van der Waals surface area contributed by atoms with Crippen molar-refractivity contribution in [2.45, 2.75) is 59.5 Å². The van der Waals surface area contributed by atoms with Gasteiger partial charge in [-0.25, -0.2) is 0 Å². The van der Waals surface area contributed by atoms with Crippen LogP contribution in [0, 0.1) is 23.7 Å². The lowest BCUT2D eigenvalue weighted by molar-refractivity contribution is -0.135. The third-order valence-corrected chi connectivity index (χ3v) is 6.42. The standard InChI is InChI=1S/C22H33NO3/c1-13(2)18-6-5-14(3)7-19(18)22-20(25)9-16(10-21(22)26)8-17-11-23(12-17)15(4)24/h7,9,13,17-19,21,25-26H,5-6,8,10-12H2,1-4H3/t18?,19-,21?/m1/s1. The number of likely N-dealkylation sites (tertiary alicyclic amines) is 1. The summed E-state index contributed by atoms with van der Waals surface area (Å²) >= 11 is 0. The zero-order chi connectivity index (χ0) is 19.0. The Hall–Kier alpha value is -1.55. The molecule has 0 aromatic heterocycles. The van der Waals surface area contributed by atoms with E-state index in [9.17, 15) is 15.0 Å². The molecular weight excluding hydrogens is 326 g/mol. The van der Waals surface area contributed by atoms with E-state index >= 15 is 0 Å². The van der Waals surface area contributed by atoms with Gasteiger partial charge in [-0.15, -0.1) is 0 Å². The summed E-state index contributed by atoms with van der Waals surface area (Å²) in [4.78, 5) is 13.2. The molecule has 1 amide bonds. The molecule has 0 aromatic carbocycles. The summed E-state index contributed by atoms with van der Waals surface area (Å²) < 4.78 is 0. The predicted molar refractivity (Wildman–Crippen MR) is 104 cm³/mol. The maximum atomic E-state index is 11.3. The van der Waals surface area contributed by atoms with Crippen molar-refractivity contribution in [2.24, 2.45) is 23.7 Å². The van der Waals surface area contributed by atoms with Crippen LogP contribution in [0.3, 0.4) is 0 Å². The fourth-order valence-electron chi connectivity index (χ4n) is 4.88. The van der Waals surface area contributed by atoms with Crippen molar-refractivity contribution in [3.05, 3.63) is 34.6 Å². The SMILES string of the molecule is CC(=O)N1CC(CC2=CC(O)=C([C@@H]3C=C(C)CCC3C(C)C)C(O)C2)C1. The summed E-state index contributed by atoms with van der Waals surface area (Å²) in [7, 11) is 0. The van der Waals surface area contributed by atoms with Crippen LogP contribution in [0.2, 0.25) is 0 Å². The molecule has 3 aliphatic rings. The number of allylic oxidation sites excluding steroid dienone is 3. The maximum absolute atomic E-state index is 11.3. The Bertz CT molecular complexity index is 652. The minimum Gasteiger partial charge on any atom is -0.508 e. The largest absolute Gasteiger partial charge is 0.508 e. The molecule has 0 saturated carbocycles. The molecule has 4 heteroatoms. The molecule has 4 nitrogen and oxygen atoms in total. The number of aliphatic hydroxyl groups excluding tert-OH is 2. The molecule has 2 aliphatic carbocycles. The zero-order valence-corrected chi connectivity index (χ0v) is 16.5. The van der Waals surface area contributed by atoms with Crippen molar-refractivity contribution in [3.63, 3.8) is 0 Å². The molecule has 144 valence electrons. The molecule has 2 unspecified atom stereocenters. The molecule has 3 rings (SSSR count). The van der Waals surface area contributed by atoms with E-state index in [1.54, 1.807) is 6.92 Å². The summed E-state index contributed by atoms with van der Waals surface area (Å²) in [5.41, 5.74) is 3.27. The van der Waals surface area contributed by atoms with Crippen LogP contribution in [-0.2, 0) is 4.79 Å². The van der Waals surface area contributed by atoms with Gasteiger partial charge in [0, 0.05) is 31.5 Å². The Kier molecular flexibility index (Phi) is 5.61. The number of rotatable bonds is 4. The first-order valence-corrected chi connectivity index (χ1v) is 9.99. The smallest absolute Gasteiger partial charge is 0.219 e. The molecule has 1 heterocycles. The van der Waals surface area contributed by atoms with E-state index < -0.39 is 6.10 Å². The van der Waals surface area contributed by atoms with Gasteiger partial charge in [0.15, 0.2) is 0 Å². The highest BCUT2D eigenvalue weighted by Gasteiger charge is 2.36. The van der Waals surface area contributed by atoms with Crippen LogP contribution in [0.1, 0.15) is 53.4 Å². The van der Waals surface area contributed by atoms with E-state index in [2.05, 4.69) is 26.8 Å². The fourth-order valence-corrected chi connectivity index (χ4v) is 4.88. The molecule has 0 spiro atoms. The van der Waals surface area contributed by atoms with E-state index in [0.29, 0.717) is 24.2 Å². The number of carbonyl (C=O) groups is 1. The Labute approximate surface area is 157 Å². The molecule has 3 atom stereocenters. The van der Waals surface area contributed by atoms with E-state index in [1.807, 2.05) is 11.0 Å². The normalized spacial score (nSPS) is 30.2. The van der Waals surface area contributed by atoms with Gasteiger partial charge in [-0.3, -0.25) is 4.79 Å². The molecular formula is C22H33NO3. The first-order chi connectivity index (χ1) is 12.3. The number of hydrogen-bond acceptors (Lipinski definition) is 3. The van der Waals surface area contributed by atoms with Gasteiger partial charge >= 0.3 is 0 Å². The highest BCUT2D eigenvalue weighted by atomic mass is 16.3. The van der Waals surface area contributed by atoms with E-state index in [0.717, 1.165) is 43.5 Å². The molecule has 26 heavy (non-hydrogen) atoms. The molecule has 0 radical (unpaired) electrons. The Morgan fingerprint density at radius 1 is 1.35 bits per heavy atom. The van der Waals surface area contributed by atoms with Crippen LogP contribution in [0.15, 0.2) is 34.6 Å². The monoisotopic (exact) mass is 359 g/mol. The van der Waals surface area contributed by atoms with Crippen molar-refractivity contribution in [1.29, 1.82) is 0 Å². The first-order valence-electron chi connectivity index (χ1n) is 9.99. The van der Waals surface area contributed by atoms with Crippen molar-refractivity contribution < 1.29 is 15.0 Å². The van der Waals surface area contributed by atoms with Crippen LogP contribution < -0.4 is 0 Å². The Morgan fingerprint density at radius 3 is 2.62 bits per heavy atom. The Morgan fingerprint density at radius 2 is 2.04 bits per heavy atom. The molecule has 1 fully saturated rings. The lowest BCUT2D eigenvalue weighted by Crippen LogP contribution is -2.49.